The Morgan fingerprint density at radius 2 is 1.64 bits per heavy atom. The molecule has 1 saturated heterocycles. The van der Waals surface area contributed by atoms with Gasteiger partial charge in [0.05, 0.1) is 21.6 Å². The summed E-state index contributed by atoms with van der Waals surface area (Å²) in [5, 5.41) is 0.482. The van der Waals surface area contributed by atoms with Gasteiger partial charge in [0.2, 0.25) is 5.69 Å². The molecule has 0 bridgehead atoms. The molecule has 0 aromatic heterocycles. The SMILES string of the molecule is CCN1c2cc3c(cc2C(C)=CC1(C)C)/C(=C/C=C/C=C/C1=[N+](CCCS(=O)(=O)O)c2ccc(S(=O)(=O)O)cc2C1(C)CCCC(=O)ON1C(=O)CCC1=O)C=C(c1ccccc1)O3. The van der Waals surface area contributed by atoms with Crippen LogP contribution in [-0.2, 0) is 44.9 Å². The first-order chi connectivity index (χ1) is 30.2. The Labute approximate surface area is 374 Å². The van der Waals surface area contributed by atoms with Crippen LogP contribution in [0.2, 0.25) is 0 Å². The lowest BCUT2D eigenvalue weighted by molar-refractivity contribution is -0.437. The molecule has 1 fully saturated rings. The zero-order chi connectivity index (χ0) is 46.2. The molecule has 7 rings (SSSR count). The number of fused-ring (bicyclic) bond motifs is 3. The number of likely N-dealkylation sites (N-methyl/N-ethyl adjacent to an activating group) is 1. The fourth-order valence-electron chi connectivity index (χ4n) is 9.10. The van der Waals surface area contributed by atoms with Crippen molar-refractivity contribution >= 4 is 72.0 Å². The second-order valence-corrected chi connectivity index (χ2v) is 20.0. The number of allylic oxidation sites excluding steroid dienone is 8. The quantitative estimate of drug-likeness (QED) is 0.0649. The third-order valence-electron chi connectivity index (χ3n) is 12.1. The number of rotatable bonds is 15. The summed E-state index contributed by atoms with van der Waals surface area (Å²) in [6.07, 6.45) is 13.7. The lowest BCUT2D eigenvalue weighted by Gasteiger charge is -2.43. The van der Waals surface area contributed by atoms with Crippen LogP contribution in [0.4, 0.5) is 11.4 Å². The largest absolute Gasteiger partial charge is 0.456 e. The number of hydrogen-bond donors (Lipinski definition) is 2. The number of carbonyl (C=O) groups excluding carboxylic acids is 3. The number of benzene rings is 3. The average Bonchev–Trinajstić information content (AvgIpc) is 3.66. The Morgan fingerprint density at radius 3 is 2.31 bits per heavy atom. The second kappa shape index (κ2) is 17.9. The van der Waals surface area contributed by atoms with E-state index in [1.54, 1.807) is 6.08 Å². The first-order valence-corrected chi connectivity index (χ1v) is 24.2. The summed E-state index contributed by atoms with van der Waals surface area (Å²) >= 11 is 0. The minimum atomic E-state index is -4.64. The number of amides is 2. The van der Waals surface area contributed by atoms with Gasteiger partial charge in [0.25, 0.3) is 32.1 Å². The third-order valence-corrected chi connectivity index (χ3v) is 13.7. The van der Waals surface area contributed by atoms with Gasteiger partial charge in [-0.05, 0) is 82.9 Å². The van der Waals surface area contributed by atoms with Crippen LogP contribution in [0.25, 0.3) is 16.9 Å². The molecule has 0 aliphatic carbocycles. The molecule has 0 spiro atoms. The monoisotopic (exact) mass is 910 g/mol. The van der Waals surface area contributed by atoms with Crippen molar-refractivity contribution in [3.63, 3.8) is 0 Å². The van der Waals surface area contributed by atoms with Crippen LogP contribution < -0.4 is 9.64 Å². The van der Waals surface area contributed by atoms with Gasteiger partial charge in [-0.1, -0.05) is 60.7 Å². The van der Waals surface area contributed by atoms with Crippen molar-refractivity contribution in [2.75, 3.05) is 23.7 Å². The number of nitrogens with zero attached hydrogens (tertiary/aromatic N) is 3. The summed E-state index contributed by atoms with van der Waals surface area (Å²) in [4.78, 5) is 44.1. The van der Waals surface area contributed by atoms with Crippen LogP contribution >= 0.6 is 0 Å². The Kier molecular flexibility index (Phi) is 12.9. The van der Waals surface area contributed by atoms with E-state index in [-0.39, 0.29) is 55.5 Å². The Hall–Kier alpha value is -5.94. The fourth-order valence-corrected chi connectivity index (χ4v) is 10.1. The highest BCUT2D eigenvalue weighted by Crippen LogP contribution is 2.47. The molecule has 2 amide bonds. The summed E-state index contributed by atoms with van der Waals surface area (Å²) in [6.45, 7) is 11.4. The summed E-state index contributed by atoms with van der Waals surface area (Å²) in [6, 6.07) is 18.3. The molecule has 14 nitrogen and oxygen atoms in total. The van der Waals surface area contributed by atoms with Gasteiger partial charge in [0.15, 0.2) is 5.71 Å². The number of hydrogen-bond acceptors (Lipinski definition) is 10. The Balaban J connectivity index is 1.25. The van der Waals surface area contributed by atoms with Crippen LogP contribution in [-0.4, -0.2) is 83.5 Å². The number of imide groups is 1. The van der Waals surface area contributed by atoms with Crippen molar-refractivity contribution in [3.8, 4) is 5.75 Å². The predicted molar refractivity (Wildman–Crippen MR) is 244 cm³/mol. The zero-order valence-electron chi connectivity index (χ0n) is 36.4. The molecule has 0 saturated carbocycles. The van der Waals surface area contributed by atoms with Crippen LogP contribution in [0, 0.1) is 0 Å². The molecule has 0 radical (unpaired) electrons. The van der Waals surface area contributed by atoms with Crippen molar-refractivity contribution in [3.05, 3.63) is 125 Å². The predicted octanol–water partition coefficient (Wildman–Crippen LogP) is 8.00. The van der Waals surface area contributed by atoms with Crippen molar-refractivity contribution in [1.29, 1.82) is 0 Å². The first-order valence-electron chi connectivity index (χ1n) is 21.1. The molecule has 4 heterocycles. The smallest absolute Gasteiger partial charge is 0.333 e. The lowest BCUT2D eigenvalue weighted by Crippen LogP contribution is -2.44. The van der Waals surface area contributed by atoms with Crippen LogP contribution in [0.5, 0.6) is 5.75 Å². The summed E-state index contributed by atoms with van der Waals surface area (Å²) in [7, 11) is -8.95. The molecule has 16 heteroatoms. The van der Waals surface area contributed by atoms with Crippen molar-refractivity contribution < 1.29 is 54.5 Å². The zero-order valence-corrected chi connectivity index (χ0v) is 38.0. The highest BCUT2D eigenvalue weighted by atomic mass is 32.2. The van der Waals surface area contributed by atoms with Gasteiger partial charge < -0.3 is 14.5 Å². The van der Waals surface area contributed by atoms with Gasteiger partial charge in [-0.3, -0.25) is 18.7 Å². The van der Waals surface area contributed by atoms with Crippen LogP contribution in [0.3, 0.4) is 0 Å². The maximum atomic E-state index is 12.8. The second-order valence-electron chi connectivity index (χ2n) is 17.0. The molecule has 2 N–H and O–H groups in total. The molecular weight excluding hydrogens is 859 g/mol. The van der Waals surface area contributed by atoms with Crippen molar-refractivity contribution in [1.82, 2.24) is 5.06 Å². The molecule has 336 valence electrons. The lowest BCUT2D eigenvalue weighted by atomic mass is 9.75. The number of ether oxygens (including phenoxy) is 1. The molecule has 3 aromatic rings. The maximum Gasteiger partial charge on any atom is 0.333 e. The van der Waals surface area contributed by atoms with Gasteiger partial charge in [0.1, 0.15) is 18.1 Å². The summed E-state index contributed by atoms with van der Waals surface area (Å²) in [5.41, 5.74) is 6.57. The molecule has 4 aliphatic heterocycles. The minimum absolute atomic E-state index is 0.0152. The van der Waals surface area contributed by atoms with E-state index in [0.717, 1.165) is 40.2 Å². The van der Waals surface area contributed by atoms with Gasteiger partial charge in [-0.15, -0.1) is 5.06 Å². The van der Waals surface area contributed by atoms with Gasteiger partial charge in [-0.25, -0.2) is 4.79 Å². The molecule has 4 aliphatic rings. The van der Waals surface area contributed by atoms with Crippen molar-refractivity contribution in [2.24, 2.45) is 0 Å². The molecule has 1 unspecified atom stereocenters. The first kappa shape index (κ1) is 46.1. The van der Waals surface area contributed by atoms with Gasteiger partial charge in [-0.2, -0.15) is 21.4 Å². The van der Waals surface area contributed by atoms with E-state index in [9.17, 15) is 40.3 Å². The van der Waals surface area contributed by atoms with E-state index in [2.05, 4.69) is 50.8 Å². The Morgan fingerprint density at radius 1 is 0.922 bits per heavy atom. The normalized spacial score (nSPS) is 20.1. The number of carbonyl (C=O) groups is 3. The topological polar surface area (TPSA) is 188 Å². The van der Waals surface area contributed by atoms with E-state index < -0.39 is 49.2 Å². The van der Waals surface area contributed by atoms with Crippen LogP contribution in [0.1, 0.15) is 95.4 Å². The average molecular weight is 911 g/mol. The highest BCUT2D eigenvalue weighted by molar-refractivity contribution is 7.86. The molecule has 64 heavy (non-hydrogen) atoms. The minimum Gasteiger partial charge on any atom is -0.456 e. The molecule has 3 aromatic carbocycles. The number of anilines is 1. The summed E-state index contributed by atoms with van der Waals surface area (Å²) < 4.78 is 76.4. The highest BCUT2D eigenvalue weighted by Gasteiger charge is 2.48. The number of hydroxylamine groups is 2. The maximum absolute atomic E-state index is 12.8. The van der Waals surface area contributed by atoms with Gasteiger partial charge in [0, 0.05) is 78.4 Å². The van der Waals surface area contributed by atoms with E-state index in [1.165, 1.54) is 23.8 Å². The summed E-state index contributed by atoms with van der Waals surface area (Å²) in [5.74, 6) is -1.13. The molecular formula is C48H52N3O11S2+. The van der Waals surface area contributed by atoms with E-state index >= 15 is 0 Å². The van der Waals surface area contributed by atoms with E-state index in [1.807, 2.05) is 72.2 Å². The van der Waals surface area contributed by atoms with Crippen LogP contribution in [0.15, 0.2) is 108 Å². The van der Waals surface area contributed by atoms with Gasteiger partial charge >= 0.3 is 5.97 Å². The van der Waals surface area contributed by atoms with Crippen molar-refractivity contribution in [2.45, 2.75) is 89.0 Å². The Bertz CT molecular complexity index is 2820. The molecule has 1 atom stereocenters. The van der Waals surface area contributed by atoms with E-state index in [4.69, 9.17) is 9.57 Å². The van der Waals surface area contributed by atoms with E-state index in [0.29, 0.717) is 27.8 Å². The fraction of sp³-hybridized carbons (Fsp3) is 0.333. The third kappa shape index (κ3) is 9.60. The standard InChI is InChI=1S/C48H51N3O11S2/c1-6-50-40-30-42-37(29-36(40)32(2)31-47(50,3)4)34(27-41(61-42)33-15-9-7-10-16-33)17-11-8-12-18-43-48(5,24-13-19-46(54)62-51-44(52)22-23-45(51)53)38-28-35(64(58,59)60)20-21-39(38)49(43)25-14-26-63(55,56)57/h7-12,15-18,20-21,27-31H,6,13-14,19,22-26H2,1-5H3,(H-,55,56,57,58,59,60)/p+1.